The fourth-order valence-electron chi connectivity index (χ4n) is 2.05. The molecule has 1 atom stereocenters. The van der Waals surface area contributed by atoms with Crippen molar-refractivity contribution in [2.75, 3.05) is 17.3 Å². The van der Waals surface area contributed by atoms with E-state index in [2.05, 4.69) is 5.32 Å². The molecule has 0 fully saturated rings. The molecule has 1 heterocycles. The second-order valence-electron chi connectivity index (χ2n) is 4.49. The van der Waals surface area contributed by atoms with Crippen molar-refractivity contribution in [2.45, 2.75) is 32.9 Å². The first-order valence-electron chi connectivity index (χ1n) is 5.86. The molecule has 0 aromatic heterocycles. The molecule has 17 heavy (non-hydrogen) atoms. The number of rotatable bonds is 2. The van der Waals surface area contributed by atoms with E-state index in [0.717, 1.165) is 17.1 Å². The summed E-state index contributed by atoms with van der Waals surface area (Å²) in [5.74, 6) is 0.783. The number of hydrogen-bond donors (Lipinski definition) is 1. The minimum Gasteiger partial charge on any atom is -0.479 e. The van der Waals surface area contributed by atoms with Crippen molar-refractivity contribution < 1.29 is 9.53 Å². The van der Waals surface area contributed by atoms with Crippen molar-refractivity contribution in [3.63, 3.8) is 0 Å². The number of carbonyl (C=O) groups is 1. The van der Waals surface area contributed by atoms with Gasteiger partial charge in [0.15, 0.2) is 6.10 Å². The predicted molar refractivity (Wildman–Crippen MR) is 68.7 cm³/mol. The van der Waals surface area contributed by atoms with Gasteiger partial charge in [0.05, 0.1) is 5.69 Å². The average molecular weight is 234 g/mol. The van der Waals surface area contributed by atoms with Crippen LogP contribution in [0.15, 0.2) is 18.2 Å². The third kappa shape index (κ3) is 1.95. The van der Waals surface area contributed by atoms with Gasteiger partial charge in [0, 0.05) is 18.8 Å². The lowest BCUT2D eigenvalue weighted by Crippen LogP contribution is -2.47. The van der Waals surface area contributed by atoms with Crippen LogP contribution in [0.1, 0.15) is 20.8 Å². The third-order valence-electron chi connectivity index (χ3n) is 2.91. The molecule has 0 spiro atoms. The number of amides is 1. The number of nitrogens with zero attached hydrogens (tertiary/aromatic N) is 1. The van der Waals surface area contributed by atoms with Crippen LogP contribution >= 0.6 is 0 Å². The lowest BCUT2D eigenvalue weighted by Gasteiger charge is -2.35. The minimum absolute atomic E-state index is 0.0146. The molecule has 2 rings (SSSR count). The second-order valence-corrected chi connectivity index (χ2v) is 4.49. The fourth-order valence-corrected chi connectivity index (χ4v) is 2.05. The standard InChI is InChI=1S/C13H18N2O2/c1-8(2)15-11-7-10(14-4)5-6-12(11)17-9(3)13(15)16/h5-9,14H,1-4H3. The first kappa shape index (κ1) is 11.8. The number of benzene rings is 1. The van der Waals surface area contributed by atoms with Crippen molar-refractivity contribution >= 4 is 17.3 Å². The molecule has 1 unspecified atom stereocenters. The van der Waals surface area contributed by atoms with Crippen LogP contribution in [0.4, 0.5) is 11.4 Å². The summed E-state index contributed by atoms with van der Waals surface area (Å²) >= 11 is 0. The zero-order chi connectivity index (χ0) is 12.6. The number of carbonyl (C=O) groups excluding carboxylic acids is 1. The van der Waals surface area contributed by atoms with Gasteiger partial charge < -0.3 is 15.0 Å². The Morgan fingerprint density at radius 2 is 2.12 bits per heavy atom. The van der Waals surface area contributed by atoms with E-state index < -0.39 is 6.10 Å². The Hall–Kier alpha value is -1.71. The minimum atomic E-state index is -0.412. The Balaban J connectivity index is 2.51. The molecule has 0 saturated heterocycles. The van der Waals surface area contributed by atoms with Crippen molar-refractivity contribution in [3.8, 4) is 5.75 Å². The molecule has 4 heteroatoms. The van der Waals surface area contributed by atoms with Crippen LogP contribution in [0.3, 0.4) is 0 Å². The molecular formula is C13H18N2O2. The van der Waals surface area contributed by atoms with Crippen LogP contribution in [0.5, 0.6) is 5.75 Å². The normalized spacial score (nSPS) is 19.0. The molecule has 1 aliphatic rings. The molecule has 1 aromatic carbocycles. The SMILES string of the molecule is CNc1ccc2c(c1)N(C(C)C)C(=O)C(C)O2. The summed E-state index contributed by atoms with van der Waals surface area (Å²) in [6.07, 6.45) is -0.412. The fraction of sp³-hybridized carbons (Fsp3) is 0.462. The van der Waals surface area contributed by atoms with E-state index in [9.17, 15) is 4.79 Å². The van der Waals surface area contributed by atoms with Gasteiger partial charge in [-0.2, -0.15) is 0 Å². The zero-order valence-electron chi connectivity index (χ0n) is 10.7. The Labute approximate surface area is 102 Å². The maximum Gasteiger partial charge on any atom is 0.268 e. The monoisotopic (exact) mass is 234 g/mol. The second kappa shape index (κ2) is 4.28. The first-order chi connectivity index (χ1) is 8.04. The molecule has 0 aliphatic carbocycles. The van der Waals surface area contributed by atoms with E-state index in [0.29, 0.717) is 0 Å². The zero-order valence-corrected chi connectivity index (χ0v) is 10.7. The predicted octanol–water partition coefficient (Wildman–Crippen LogP) is 2.25. The Morgan fingerprint density at radius 3 is 2.71 bits per heavy atom. The number of ether oxygens (including phenoxy) is 1. The molecule has 1 aromatic rings. The van der Waals surface area contributed by atoms with Crippen molar-refractivity contribution in [1.29, 1.82) is 0 Å². The summed E-state index contributed by atoms with van der Waals surface area (Å²) in [7, 11) is 1.86. The molecule has 0 radical (unpaired) electrons. The van der Waals surface area contributed by atoms with Crippen molar-refractivity contribution in [3.05, 3.63) is 18.2 Å². The van der Waals surface area contributed by atoms with E-state index in [-0.39, 0.29) is 11.9 Å². The summed E-state index contributed by atoms with van der Waals surface area (Å²) in [6.45, 7) is 5.80. The van der Waals surface area contributed by atoms with Gasteiger partial charge in [0.2, 0.25) is 0 Å². The Bertz CT molecular complexity index is 443. The summed E-state index contributed by atoms with van der Waals surface area (Å²) < 4.78 is 5.60. The van der Waals surface area contributed by atoms with Gasteiger partial charge >= 0.3 is 0 Å². The highest BCUT2D eigenvalue weighted by Crippen LogP contribution is 2.37. The van der Waals surface area contributed by atoms with Crippen molar-refractivity contribution in [1.82, 2.24) is 0 Å². The van der Waals surface area contributed by atoms with Crippen LogP contribution in [-0.2, 0) is 4.79 Å². The van der Waals surface area contributed by atoms with Crippen LogP contribution in [0.25, 0.3) is 0 Å². The topological polar surface area (TPSA) is 41.6 Å². The third-order valence-corrected chi connectivity index (χ3v) is 2.91. The summed E-state index contributed by atoms with van der Waals surface area (Å²) in [6, 6.07) is 5.91. The molecule has 92 valence electrons. The Kier molecular flexibility index (Phi) is 2.96. The quantitative estimate of drug-likeness (QED) is 0.853. The number of hydrogen-bond acceptors (Lipinski definition) is 3. The van der Waals surface area contributed by atoms with Crippen LogP contribution in [-0.4, -0.2) is 25.1 Å². The van der Waals surface area contributed by atoms with Crippen LogP contribution in [0.2, 0.25) is 0 Å². The van der Waals surface area contributed by atoms with E-state index in [1.54, 1.807) is 11.8 Å². The van der Waals surface area contributed by atoms with Gasteiger partial charge in [-0.3, -0.25) is 4.79 Å². The smallest absolute Gasteiger partial charge is 0.268 e. The lowest BCUT2D eigenvalue weighted by molar-refractivity contribution is -0.125. The maximum atomic E-state index is 12.1. The van der Waals surface area contributed by atoms with Gasteiger partial charge in [-0.1, -0.05) is 0 Å². The average Bonchev–Trinajstić information content (AvgIpc) is 2.29. The van der Waals surface area contributed by atoms with Gasteiger partial charge in [0.1, 0.15) is 5.75 Å². The summed E-state index contributed by atoms with van der Waals surface area (Å²) in [5, 5.41) is 3.07. The molecule has 0 saturated carbocycles. The van der Waals surface area contributed by atoms with Gasteiger partial charge in [-0.25, -0.2) is 0 Å². The maximum absolute atomic E-state index is 12.1. The summed E-state index contributed by atoms with van der Waals surface area (Å²) in [4.78, 5) is 13.9. The number of anilines is 2. The molecule has 1 amide bonds. The molecule has 1 aliphatic heterocycles. The van der Waals surface area contributed by atoms with E-state index in [1.807, 2.05) is 39.1 Å². The largest absolute Gasteiger partial charge is 0.479 e. The van der Waals surface area contributed by atoms with Crippen LogP contribution < -0.4 is 15.0 Å². The highest BCUT2D eigenvalue weighted by atomic mass is 16.5. The van der Waals surface area contributed by atoms with E-state index >= 15 is 0 Å². The van der Waals surface area contributed by atoms with Crippen molar-refractivity contribution in [2.24, 2.45) is 0 Å². The first-order valence-corrected chi connectivity index (χ1v) is 5.86. The van der Waals surface area contributed by atoms with Gasteiger partial charge in [0.25, 0.3) is 5.91 Å². The molecule has 0 bridgehead atoms. The highest BCUT2D eigenvalue weighted by molar-refractivity contribution is 6.00. The lowest BCUT2D eigenvalue weighted by atomic mass is 10.1. The van der Waals surface area contributed by atoms with Gasteiger partial charge in [-0.05, 0) is 39.0 Å². The molecule has 1 N–H and O–H groups in total. The van der Waals surface area contributed by atoms with Crippen LogP contribution in [0, 0.1) is 0 Å². The van der Waals surface area contributed by atoms with Gasteiger partial charge in [-0.15, -0.1) is 0 Å². The number of fused-ring (bicyclic) bond motifs is 1. The van der Waals surface area contributed by atoms with E-state index in [4.69, 9.17) is 4.74 Å². The highest BCUT2D eigenvalue weighted by Gasteiger charge is 2.33. The Morgan fingerprint density at radius 1 is 1.41 bits per heavy atom. The van der Waals surface area contributed by atoms with E-state index in [1.165, 1.54) is 0 Å². The molecular weight excluding hydrogens is 216 g/mol. The molecule has 4 nitrogen and oxygen atoms in total. The summed E-state index contributed by atoms with van der Waals surface area (Å²) in [5.41, 5.74) is 1.82. The number of nitrogens with one attached hydrogen (secondary N) is 1.